The van der Waals surface area contributed by atoms with Crippen molar-refractivity contribution in [3.63, 3.8) is 0 Å². The molecule has 0 atom stereocenters. The van der Waals surface area contributed by atoms with E-state index < -0.39 is 0 Å². The van der Waals surface area contributed by atoms with E-state index in [0.29, 0.717) is 37.0 Å². The summed E-state index contributed by atoms with van der Waals surface area (Å²) in [5.41, 5.74) is 3.16. The number of carbonyl (C=O) groups excluding carboxylic acids is 1. The Kier molecular flexibility index (Phi) is 7.74. The average molecular weight is 411 g/mol. The Morgan fingerprint density at radius 1 is 1.10 bits per heavy atom. The van der Waals surface area contributed by atoms with E-state index in [4.69, 9.17) is 14.2 Å². The van der Waals surface area contributed by atoms with Gasteiger partial charge in [-0.2, -0.15) is 0 Å². The lowest BCUT2D eigenvalue weighted by atomic mass is 10.1. The molecule has 1 aliphatic rings. The molecule has 1 amide bonds. The summed E-state index contributed by atoms with van der Waals surface area (Å²) >= 11 is 0. The third-order valence-electron chi connectivity index (χ3n) is 5.07. The molecule has 0 fully saturated rings. The first-order valence-corrected chi connectivity index (χ1v) is 10.4. The molecule has 1 N–H and O–H groups in total. The number of carbonyl (C=O) groups is 1. The van der Waals surface area contributed by atoms with Crippen molar-refractivity contribution in [2.24, 2.45) is 0 Å². The van der Waals surface area contributed by atoms with Gasteiger partial charge in [0.15, 0.2) is 11.5 Å². The zero-order valence-electron chi connectivity index (χ0n) is 17.9. The number of rotatable bonds is 9. The van der Waals surface area contributed by atoms with Crippen LogP contribution in [0, 0.1) is 0 Å². The van der Waals surface area contributed by atoms with E-state index in [2.05, 4.69) is 48.3 Å². The molecule has 160 valence electrons. The summed E-state index contributed by atoms with van der Waals surface area (Å²) < 4.78 is 16.6. The number of methoxy groups -OCH3 is 1. The maximum Gasteiger partial charge on any atom is 0.244 e. The number of amides is 1. The van der Waals surface area contributed by atoms with Crippen LogP contribution in [0.15, 0.2) is 42.5 Å². The third kappa shape index (κ3) is 5.76. The molecule has 2 aromatic carbocycles. The molecule has 0 saturated heterocycles. The highest BCUT2D eigenvalue weighted by Crippen LogP contribution is 2.40. The van der Waals surface area contributed by atoms with Gasteiger partial charge in [-0.3, -0.25) is 9.69 Å². The summed E-state index contributed by atoms with van der Waals surface area (Å²) in [6.45, 7) is 8.84. The summed E-state index contributed by atoms with van der Waals surface area (Å²) in [7, 11) is 1.58. The minimum absolute atomic E-state index is 0.156. The summed E-state index contributed by atoms with van der Waals surface area (Å²) in [6, 6.07) is 12.0. The molecule has 0 radical (unpaired) electrons. The monoisotopic (exact) mass is 410 g/mol. The van der Waals surface area contributed by atoms with Gasteiger partial charge >= 0.3 is 0 Å². The van der Waals surface area contributed by atoms with Crippen LogP contribution in [0.5, 0.6) is 17.2 Å². The highest BCUT2D eigenvalue weighted by molar-refractivity contribution is 5.91. The summed E-state index contributed by atoms with van der Waals surface area (Å²) in [5.74, 6) is 1.67. The van der Waals surface area contributed by atoms with Crippen LogP contribution in [-0.2, 0) is 17.9 Å². The molecule has 0 aliphatic carbocycles. The van der Waals surface area contributed by atoms with Crippen molar-refractivity contribution < 1.29 is 19.0 Å². The number of ether oxygens (including phenoxy) is 3. The van der Waals surface area contributed by atoms with Crippen LogP contribution in [0.2, 0.25) is 0 Å². The zero-order valence-corrected chi connectivity index (χ0v) is 17.9. The lowest BCUT2D eigenvalue weighted by molar-refractivity contribution is -0.116. The van der Waals surface area contributed by atoms with Crippen molar-refractivity contribution >= 4 is 12.0 Å². The SMILES string of the molecule is CCN(CC)Cc1ccc(CNC(=O)/C=C/c2cc(OC)c3c(c2)OCCO3)cc1. The average Bonchev–Trinajstić information content (AvgIpc) is 2.80. The molecule has 0 aromatic heterocycles. The van der Waals surface area contributed by atoms with Crippen LogP contribution in [0.4, 0.5) is 0 Å². The summed E-state index contributed by atoms with van der Waals surface area (Å²) in [4.78, 5) is 14.6. The molecule has 2 aromatic rings. The van der Waals surface area contributed by atoms with Crippen LogP contribution < -0.4 is 19.5 Å². The predicted octanol–water partition coefficient (Wildman–Crippen LogP) is 3.64. The second-order valence-electron chi connectivity index (χ2n) is 7.08. The zero-order chi connectivity index (χ0) is 21.3. The topological polar surface area (TPSA) is 60.0 Å². The van der Waals surface area contributed by atoms with Gasteiger partial charge in [0.25, 0.3) is 0 Å². The van der Waals surface area contributed by atoms with Crippen molar-refractivity contribution in [3.8, 4) is 17.2 Å². The van der Waals surface area contributed by atoms with E-state index in [-0.39, 0.29) is 5.91 Å². The molecule has 1 aliphatic heterocycles. The highest BCUT2D eigenvalue weighted by Gasteiger charge is 2.17. The molecule has 6 heteroatoms. The van der Waals surface area contributed by atoms with Gasteiger partial charge < -0.3 is 19.5 Å². The van der Waals surface area contributed by atoms with Gasteiger partial charge in [0, 0.05) is 19.2 Å². The van der Waals surface area contributed by atoms with Crippen LogP contribution in [0.25, 0.3) is 6.08 Å². The van der Waals surface area contributed by atoms with Crippen molar-refractivity contribution in [3.05, 3.63) is 59.2 Å². The Balaban J connectivity index is 1.55. The Hall–Kier alpha value is -2.99. The predicted molar refractivity (Wildman–Crippen MR) is 118 cm³/mol. The third-order valence-corrected chi connectivity index (χ3v) is 5.07. The van der Waals surface area contributed by atoms with Gasteiger partial charge in [0.05, 0.1) is 7.11 Å². The minimum atomic E-state index is -0.156. The second kappa shape index (κ2) is 10.7. The van der Waals surface area contributed by atoms with E-state index in [1.165, 1.54) is 11.6 Å². The Morgan fingerprint density at radius 3 is 2.50 bits per heavy atom. The molecule has 0 saturated carbocycles. The Bertz CT molecular complexity index is 856. The fourth-order valence-corrected chi connectivity index (χ4v) is 3.28. The first kappa shape index (κ1) is 21.7. The maximum atomic E-state index is 12.2. The van der Waals surface area contributed by atoms with Crippen molar-refractivity contribution in [1.29, 1.82) is 0 Å². The fraction of sp³-hybridized carbons (Fsp3) is 0.375. The van der Waals surface area contributed by atoms with E-state index in [1.54, 1.807) is 13.2 Å². The first-order chi connectivity index (χ1) is 14.6. The smallest absolute Gasteiger partial charge is 0.244 e. The number of hydrogen-bond acceptors (Lipinski definition) is 5. The normalized spacial score (nSPS) is 12.9. The number of nitrogens with one attached hydrogen (secondary N) is 1. The highest BCUT2D eigenvalue weighted by atomic mass is 16.6. The van der Waals surface area contributed by atoms with Gasteiger partial charge in [-0.05, 0) is 48.0 Å². The van der Waals surface area contributed by atoms with Crippen LogP contribution >= 0.6 is 0 Å². The molecular formula is C24H30N2O4. The van der Waals surface area contributed by atoms with E-state index in [1.807, 2.05) is 12.1 Å². The van der Waals surface area contributed by atoms with Crippen molar-refractivity contribution in [1.82, 2.24) is 10.2 Å². The van der Waals surface area contributed by atoms with Crippen LogP contribution in [0.1, 0.15) is 30.5 Å². The second-order valence-corrected chi connectivity index (χ2v) is 7.08. The number of benzene rings is 2. The van der Waals surface area contributed by atoms with E-state index in [0.717, 1.165) is 30.8 Å². The Morgan fingerprint density at radius 2 is 1.80 bits per heavy atom. The van der Waals surface area contributed by atoms with Crippen LogP contribution in [-0.4, -0.2) is 44.2 Å². The lowest BCUT2D eigenvalue weighted by Gasteiger charge is -2.20. The molecular weight excluding hydrogens is 380 g/mol. The van der Waals surface area contributed by atoms with Crippen molar-refractivity contribution in [2.45, 2.75) is 26.9 Å². The first-order valence-electron chi connectivity index (χ1n) is 10.4. The number of fused-ring (bicyclic) bond motifs is 1. The number of nitrogens with zero attached hydrogens (tertiary/aromatic N) is 1. The molecule has 30 heavy (non-hydrogen) atoms. The number of hydrogen-bond donors (Lipinski definition) is 1. The van der Waals surface area contributed by atoms with E-state index >= 15 is 0 Å². The van der Waals surface area contributed by atoms with Gasteiger partial charge in [-0.25, -0.2) is 0 Å². The van der Waals surface area contributed by atoms with Crippen LogP contribution in [0.3, 0.4) is 0 Å². The molecule has 0 unspecified atom stereocenters. The van der Waals surface area contributed by atoms with E-state index in [9.17, 15) is 4.79 Å². The lowest BCUT2D eigenvalue weighted by Crippen LogP contribution is -2.22. The quantitative estimate of drug-likeness (QED) is 0.640. The molecule has 1 heterocycles. The van der Waals surface area contributed by atoms with Gasteiger partial charge in [0.2, 0.25) is 11.7 Å². The van der Waals surface area contributed by atoms with Gasteiger partial charge in [0.1, 0.15) is 13.2 Å². The Labute approximate surface area is 178 Å². The van der Waals surface area contributed by atoms with Gasteiger partial charge in [-0.1, -0.05) is 38.1 Å². The molecule has 0 spiro atoms. The molecule has 6 nitrogen and oxygen atoms in total. The van der Waals surface area contributed by atoms with Crippen molar-refractivity contribution in [2.75, 3.05) is 33.4 Å². The molecule has 3 rings (SSSR count). The fourth-order valence-electron chi connectivity index (χ4n) is 3.28. The summed E-state index contributed by atoms with van der Waals surface area (Å²) in [5, 5.41) is 2.92. The standard InChI is InChI=1S/C24H30N2O4/c1-4-26(5-2)17-19-8-6-18(7-9-19)16-25-23(27)11-10-20-14-21(28-3)24-22(15-20)29-12-13-30-24/h6-11,14-15H,4-5,12-13,16-17H2,1-3H3,(H,25,27)/b11-10+. The minimum Gasteiger partial charge on any atom is -0.493 e. The van der Waals surface area contributed by atoms with Gasteiger partial charge in [-0.15, -0.1) is 0 Å². The maximum absolute atomic E-state index is 12.2. The largest absolute Gasteiger partial charge is 0.493 e. The summed E-state index contributed by atoms with van der Waals surface area (Å²) in [6.07, 6.45) is 3.25. The molecule has 0 bridgehead atoms.